The topological polar surface area (TPSA) is 94.4 Å². The highest BCUT2D eigenvalue weighted by Gasteiger charge is 2.18. The van der Waals surface area contributed by atoms with Gasteiger partial charge in [0.25, 0.3) is 11.6 Å². The highest BCUT2D eigenvalue weighted by molar-refractivity contribution is 7.14. The van der Waals surface area contributed by atoms with Gasteiger partial charge in [-0.1, -0.05) is 23.2 Å². The lowest BCUT2D eigenvalue weighted by Gasteiger charge is -2.14. The summed E-state index contributed by atoms with van der Waals surface area (Å²) in [4.78, 5) is 26.9. The van der Waals surface area contributed by atoms with Crippen LogP contribution in [-0.4, -0.2) is 21.9 Å². The van der Waals surface area contributed by atoms with Gasteiger partial charge in [-0.25, -0.2) is 4.98 Å². The van der Waals surface area contributed by atoms with Crippen molar-refractivity contribution in [2.45, 2.75) is 13.0 Å². The van der Waals surface area contributed by atoms with E-state index >= 15 is 0 Å². The van der Waals surface area contributed by atoms with Gasteiger partial charge in [-0.3, -0.25) is 20.2 Å². The molecule has 0 aliphatic carbocycles. The van der Waals surface area contributed by atoms with Crippen LogP contribution in [0.4, 0.5) is 10.8 Å². The number of nitrogens with zero attached hydrogens (tertiary/aromatic N) is 2. The van der Waals surface area contributed by atoms with E-state index in [1.165, 1.54) is 29.5 Å². The number of nitrogens with one attached hydrogen (secondary N) is 1. The first-order valence-corrected chi connectivity index (χ1v) is 9.60. The number of rotatable bonds is 6. The van der Waals surface area contributed by atoms with Crippen LogP contribution < -0.4 is 10.1 Å². The maximum absolute atomic E-state index is 12.3. The number of aromatic nitrogens is 1. The van der Waals surface area contributed by atoms with Crippen molar-refractivity contribution in [3.05, 3.63) is 68.0 Å². The molecule has 0 saturated heterocycles. The number of benzene rings is 2. The molecule has 1 amide bonds. The molecule has 1 atom stereocenters. The molecular formula is C18H13Cl2N3O4S. The summed E-state index contributed by atoms with van der Waals surface area (Å²) < 4.78 is 5.57. The molecule has 28 heavy (non-hydrogen) atoms. The summed E-state index contributed by atoms with van der Waals surface area (Å²) in [5.41, 5.74) is 1.31. The fraction of sp³-hybridized carbons (Fsp3) is 0.111. The van der Waals surface area contributed by atoms with Gasteiger partial charge < -0.3 is 4.74 Å². The quantitative estimate of drug-likeness (QED) is 0.409. The van der Waals surface area contributed by atoms with Crippen LogP contribution in [0.15, 0.2) is 47.8 Å². The van der Waals surface area contributed by atoms with Crippen LogP contribution in [0, 0.1) is 10.1 Å². The zero-order valence-electron chi connectivity index (χ0n) is 14.4. The summed E-state index contributed by atoms with van der Waals surface area (Å²) in [6.45, 7) is 1.59. The zero-order valence-corrected chi connectivity index (χ0v) is 16.7. The highest BCUT2D eigenvalue weighted by atomic mass is 35.5. The van der Waals surface area contributed by atoms with Gasteiger partial charge in [0.2, 0.25) is 0 Å². The van der Waals surface area contributed by atoms with Gasteiger partial charge >= 0.3 is 0 Å². The van der Waals surface area contributed by atoms with Crippen molar-refractivity contribution in [3.63, 3.8) is 0 Å². The molecule has 0 bridgehead atoms. The Hall–Kier alpha value is -2.68. The molecule has 0 fully saturated rings. The Morgan fingerprint density at radius 2 is 1.96 bits per heavy atom. The minimum atomic E-state index is -0.814. The number of anilines is 1. The Bertz CT molecular complexity index is 1020. The van der Waals surface area contributed by atoms with Crippen LogP contribution in [0.25, 0.3) is 11.3 Å². The second-order valence-corrected chi connectivity index (χ2v) is 7.37. The van der Waals surface area contributed by atoms with Crippen molar-refractivity contribution in [1.82, 2.24) is 4.98 Å². The van der Waals surface area contributed by atoms with Gasteiger partial charge in [0.05, 0.1) is 15.6 Å². The first-order valence-electron chi connectivity index (χ1n) is 7.96. The third-order valence-electron chi connectivity index (χ3n) is 3.68. The minimum Gasteiger partial charge on any atom is -0.479 e. The van der Waals surface area contributed by atoms with Gasteiger partial charge in [-0.2, -0.15) is 0 Å². The number of halogens is 2. The summed E-state index contributed by atoms with van der Waals surface area (Å²) in [6, 6.07) is 10.7. The number of non-ortho nitro benzene ring substituents is 1. The molecule has 0 spiro atoms. The molecular weight excluding hydrogens is 425 g/mol. The molecule has 3 aromatic rings. The third kappa shape index (κ3) is 4.78. The molecule has 0 unspecified atom stereocenters. The van der Waals surface area contributed by atoms with Crippen molar-refractivity contribution < 1.29 is 14.5 Å². The first kappa shape index (κ1) is 20.1. The summed E-state index contributed by atoms with van der Waals surface area (Å²) in [6.07, 6.45) is -0.814. The molecule has 0 saturated carbocycles. The van der Waals surface area contributed by atoms with Crippen molar-refractivity contribution in [2.75, 3.05) is 5.32 Å². The molecule has 1 aromatic heterocycles. The van der Waals surface area contributed by atoms with Crippen molar-refractivity contribution in [1.29, 1.82) is 0 Å². The summed E-state index contributed by atoms with van der Waals surface area (Å²) >= 11 is 13.1. The summed E-state index contributed by atoms with van der Waals surface area (Å²) in [7, 11) is 0. The SMILES string of the molecule is C[C@H](Oc1ccc(Cl)cc1Cl)C(=O)Nc1nc(-c2ccc([N+](=O)[O-])cc2)cs1. The van der Waals surface area contributed by atoms with E-state index in [1.54, 1.807) is 36.6 Å². The Kier molecular flexibility index (Phi) is 6.13. The summed E-state index contributed by atoms with van der Waals surface area (Å²) in [5, 5.41) is 16.3. The monoisotopic (exact) mass is 437 g/mol. The number of thiazole rings is 1. The third-order valence-corrected chi connectivity index (χ3v) is 4.96. The van der Waals surface area contributed by atoms with Gasteiger partial charge in [0.1, 0.15) is 5.75 Å². The zero-order chi connectivity index (χ0) is 20.3. The smallest absolute Gasteiger partial charge is 0.269 e. The van der Waals surface area contributed by atoms with Crippen LogP contribution in [0.2, 0.25) is 10.0 Å². The molecule has 0 radical (unpaired) electrons. The molecule has 0 aliphatic rings. The normalized spacial score (nSPS) is 11.7. The van der Waals surface area contributed by atoms with Gasteiger partial charge in [0, 0.05) is 28.1 Å². The van der Waals surface area contributed by atoms with Crippen LogP contribution in [0.5, 0.6) is 5.75 Å². The number of hydrogen-bond donors (Lipinski definition) is 1. The average Bonchev–Trinajstić information content (AvgIpc) is 3.12. The number of ether oxygens (including phenoxy) is 1. The highest BCUT2D eigenvalue weighted by Crippen LogP contribution is 2.29. The molecule has 1 heterocycles. The lowest BCUT2D eigenvalue weighted by atomic mass is 10.1. The van der Waals surface area contributed by atoms with E-state index in [9.17, 15) is 14.9 Å². The maximum atomic E-state index is 12.3. The number of nitro benzene ring substituents is 1. The number of nitro groups is 1. The lowest BCUT2D eigenvalue weighted by Crippen LogP contribution is -2.30. The fourth-order valence-electron chi connectivity index (χ4n) is 2.24. The number of carbonyl (C=O) groups excluding carboxylic acids is 1. The predicted octanol–water partition coefficient (Wildman–Crippen LogP) is 5.43. The Morgan fingerprint density at radius 3 is 2.61 bits per heavy atom. The second-order valence-electron chi connectivity index (χ2n) is 5.67. The van der Waals surface area contributed by atoms with Crippen LogP contribution >= 0.6 is 34.5 Å². The number of amides is 1. The van der Waals surface area contributed by atoms with E-state index in [4.69, 9.17) is 27.9 Å². The van der Waals surface area contributed by atoms with Crippen LogP contribution in [-0.2, 0) is 4.79 Å². The minimum absolute atomic E-state index is 0.000611. The summed E-state index contributed by atoms with van der Waals surface area (Å²) in [5.74, 6) is -0.0463. The van der Waals surface area contributed by atoms with Gasteiger partial charge in [-0.05, 0) is 37.3 Å². The van der Waals surface area contributed by atoms with E-state index in [1.807, 2.05) is 0 Å². The molecule has 2 aromatic carbocycles. The van der Waals surface area contributed by atoms with E-state index in [0.717, 1.165) is 0 Å². The molecule has 3 rings (SSSR count). The van der Waals surface area contributed by atoms with Crippen molar-refractivity contribution >= 4 is 51.3 Å². The number of hydrogen-bond acceptors (Lipinski definition) is 6. The van der Waals surface area contributed by atoms with Gasteiger partial charge in [-0.15, -0.1) is 11.3 Å². The van der Waals surface area contributed by atoms with Gasteiger partial charge in [0.15, 0.2) is 11.2 Å². The Labute approximate surface area is 174 Å². The second kappa shape index (κ2) is 8.55. The predicted molar refractivity (Wildman–Crippen MR) is 109 cm³/mol. The van der Waals surface area contributed by atoms with Crippen molar-refractivity contribution in [3.8, 4) is 17.0 Å². The van der Waals surface area contributed by atoms with E-state index < -0.39 is 16.9 Å². The average molecular weight is 438 g/mol. The van der Waals surface area contributed by atoms with Crippen LogP contribution in [0.1, 0.15) is 6.92 Å². The molecule has 144 valence electrons. The molecule has 10 heteroatoms. The lowest BCUT2D eigenvalue weighted by molar-refractivity contribution is -0.384. The molecule has 0 aliphatic heterocycles. The Morgan fingerprint density at radius 1 is 1.25 bits per heavy atom. The largest absolute Gasteiger partial charge is 0.479 e. The van der Waals surface area contributed by atoms with E-state index in [-0.39, 0.29) is 5.69 Å². The number of carbonyl (C=O) groups is 1. The van der Waals surface area contributed by atoms with Crippen LogP contribution in [0.3, 0.4) is 0 Å². The van der Waals surface area contributed by atoms with E-state index in [2.05, 4.69) is 10.3 Å². The standard InChI is InChI=1S/C18H13Cl2N3O4S/c1-10(27-16-7-4-12(19)8-14(16)20)17(24)22-18-21-15(9-28-18)11-2-5-13(6-3-11)23(25)26/h2-10H,1H3,(H,21,22,24)/t10-/m0/s1. The fourth-order valence-corrected chi connectivity index (χ4v) is 3.42. The molecule has 1 N–H and O–H groups in total. The molecule has 7 nitrogen and oxygen atoms in total. The Balaban J connectivity index is 1.65. The van der Waals surface area contributed by atoms with Crippen molar-refractivity contribution in [2.24, 2.45) is 0 Å². The van der Waals surface area contributed by atoms with E-state index in [0.29, 0.717) is 32.2 Å². The first-order chi connectivity index (χ1) is 13.3. The maximum Gasteiger partial charge on any atom is 0.269 e.